The first-order valence-corrected chi connectivity index (χ1v) is 7.01. The van der Waals surface area contributed by atoms with Crippen molar-refractivity contribution < 1.29 is 13.5 Å². The van der Waals surface area contributed by atoms with E-state index in [1.807, 2.05) is 25.3 Å². The highest BCUT2D eigenvalue weighted by Crippen LogP contribution is 2.31. The van der Waals surface area contributed by atoms with Crippen molar-refractivity contribution in [3.8, 4) is 17.0 Å². The van der Waals surface area contributed by atoms with E-state index in [2.05, 4.69) is 9.72 Å². The Kier molecular flexibility index (Phi) is 4.35. The lowest BCUT2D eigenvalue weighted by Crippen LogP contribution is -2.27. The quantitative estimate of drug-likeness (QED) is 0.916. The van der Waals surface area contributed by atoms with Crippen molar-refractivity contribution in [3.63, 3.8) is 0 Å². The SMILES string of the molecule is CC(C)(CN)c1nc(-c2cccc(OC(F)F)c2)cs1. The summed E-state index contributed by atoms with van der Waals surface area (Å²) in [7, 11) is 0. The lowest BCUT2D eigenvalue weighted by Gasteiger charge is -2.18. The van der Waals surface area contributed by atoms with Crippen molar-refractivity contribution in [2.45, 2.75) is 25.9 Å². The summed E-state index contributed by atoms with van der Waals surface area (Å²) in [5.74, 6) is 0.130. The van der Waals surface area contributed by atoms with Gasteiger partial charge in [0, 0.05) is 22.9 Å². The Morgan fingerprint density at radius 1 is 1.40 bits per heavy atom. The monoisotopic (exact) mass is 298 g/mol. The third-order valence-corrected chi connectivity index (χ3v) is 4.16. The molecule has 3 nitrogen and oxygen atoms in total. The minimum absolute atomic E-state index is 0.130. The van der Waals surface area contributed by atoms with Crippen molar-refractivity contribution in [1.82, 2.24) is 4.98 Å². The smallest absolute Gasteiger partial charge is 0.387 e. The zero-order valence-electron chi connectivity index (χ0n) is 11.3. The molecule has 0 aliphatic rings. The molecule has 2 N–H and O–H groups in total. The number of hydrogen-bond donors (Lipinski definition) is 1. The van der Waals surface area contributed by atoms with Crippen molar-refractivity contribution in [2.75, 3.05) is 6.54 Å². The Morgan fingerprint density at radius 3 is 2.80 bits per heavy atom. The van der Waals surface area contributed by atoms with Crippen LogP contribution in [0.15, 0.2) is 29.6 Å². The van der Waals surface area contributed by atoms with Crippen molar-refractivity contribution in [3.05, 3.63) is 34.7 Å². The molecule has 0 aliphatic carbocycles. The molecule has 0 fully saturated rings. The molecule has 20 heavy (non-hydrogen) atoms. The Balaban J connectivity index is 2.28. The molecule has 0 spiro atoms. The van der Waals surface area contributed by atoms with Crippen LogP contribution in [0.2, 0.25) is 0 Å². The maximum Gasteiger partial charge on any atom is 0.387 e. The first-order valence-electron chi connectivity index (χ1n) is 6.14. The molecule has 1 heterocycles. The zero-order valence-corrected chi connectivity index (χ0v) is 12.1. The van der Waals surface area contributed by atoms with Gasteiger partial charge in [0.25, 0.3) is 0 Å². The first-order chi connectivity index (χ1) is 9.42. The number of aromatic nitrogens is 1. The van der Waals surface area contributed by atoms with Crippen LogP contribution in [0.1, 0.15) is 18.9 Å². The van der Waals surface area contributed by atoms with Crippen molar-refractivity contribution in [1.29, 1.82) is 0 Å². The van der Waals surface area contributed by atoms with E-state index in [4.69, 9.17) is 5.73 Å². The van der Waals surface area contributed by atoms with Gasteiger partial charge in [-0.3, -0.25) is 0 Å². The van der Waals surface area contributed by atoms with E-state index in [0.717, 1.165) is 16.3 Å². The van der Waals surface area contributed by atoms with Crippen LogP contribution in [0, 0.1) is 0 Å². The van der Waals surface area contributed by atoms with Gasteiger partial charge in [0.2, 0.25) is 0 Å². The van der Waals surface area contributed by atoms with Crippen LogP contribution in [0.4, 0.5) is 8.78 Å². The molecule has 6 heteroatoms. The largest absolute Gasteiger partial charge is 0.435 e. The Labute approximate surface area is 120 Å². The third kappa shape index (κ3) is 3.32. The minimum Gasteiger partial charge on any atom is -0.435 e. The van der Waals surface area contributed by atoms with E-state index < -0.39 is 6.61 Å². The normalized spacial score (nSPS) is 11.9. The number of rotatable bonds is 5. The third-order valence-electron chi connectivity index (χ3n) is 2.95. The van der Waals surface area contributed by atoms with Crippen LogP contribution in [0.3, 0.4) is 0 Å². The average molecular weight is 298 g/mol. The highest BCUT2D eigenvalue weighted by atomic mass is 32.1. The van der Waals surface area contributed by atoms with Crippen LogP contribution in [0.25, 0.3) is 11.3 Å². The summed E-state index contributed by atoms with van der Waals surface area (Å²) in [6, 6.07) is 6.53. The highest BCUT2D eigenvalue weighted by Gasteiger charge is 2.22. The molecule has 2 aromatic rings. The minimum atomic E-state index is -2.83. The van der Waals surface area contributed by atoms with Crippen molar-refractivity contribution in [2.24, 2.45) is 5.73 Å². The molecule has 0 radical (unpaired) electrons. The number of nitrogens with two attached hydrogens (primary N) is 1. The molecule has 1 aromatic carbocycles. The number of nitrogens with zero attached hydrogens (tertiary/aromatic N) is 1. The second kappa shape index (κ2) is 5.85. The van der Waals surface area contributed by atoms with Gasteiger partial charge in [-0.05, 0) is 12.1 Å². The number of thiazole rings is 1. The van der Waals surface area contributed by atoms with Gasteiger partial charge in [-0.2, -0.15) is 8.78 Å². The summed E-state index contributed by atoms with van der Waals surface area (Å²) in [5, 5.41) is 2.82. The molecule has 0 saturated heterocycles. The predicted molar refractivity (Wildman–Crippen MR) is 76.3 cm³/mol. The molecule has 2 rings (SSSR count). The van der Waals surface area contributed by atoms with E-state index in [1.54, 1.807) is 12.1 Å². The van der Waals surface area contributed by atoms with Crippen LogP contribution in [-0.2, 0) is 5.41 Å². The number of alkyl halides is 2. The summed E-state index contributed by atoms with van der Waals surface area (Å²) in [5.41, 5.74) is 7.02. The van der Waals surface area contributed by atoms with Gasteiger partial charge in [0.1, 0.15) is 10.8 Å². The van der Waals surface area contributed by atoms with Crippen LogP contribution >= 0.6 is 11.3 Å². The predicted octanol–water partition coefficient (Wildman–Crippen LogP) is 3.65. The molecule has 0 atom stereocenters. The van der Waals surface area contributed by atoms with E-state index in [9.17, 15) is 8.78 Å². The molecule has 0 saturated carbocycles. The summed E-state index contributed by atoms with van der Waals surface area (Å²) in [4.78, 5) is 4.54. The van der Waals surface area contributed by atoms with Gasteiger partial charge in [0.15, 0.2) is 0 Å². The second-order valence-electron chi connectivity index (χ2n) is 5.03. The van der Waals surface area contributed by atoms with Gasteiger partial charge < -0.3 is 10.5 Å². The van der Waals surface area contributed by atoms with Crippen LogP contribution in [-0.4, -0.2) is 18.1 Å². The molecule has 1 aromatic heterocycles. The van der Waals surface area contributed by atoms with E-state index >= 15 is 0 Å². The molecular weight excluding hydrogens is 282 g/mol. The van der Waals surface area contributed by atoms with Gasteiger partial charge in [-0.25, -0.2) is 4.98 Å². The molecule has 0 amide bonds. The standard InChI is InChI=1S/C14H16F2N2OS/c1-14(2,8-17)12-18-11(7-20-12)9-4-3-5-10(6-9)19-13(15)16/h3-7,13H,8,17H2,1-2H3. The average Bonchev–Trinajstić information content (AvgIpc) is 2.88. The Hall–Kier alpha value is -1.53. The second-order valence-corrected chi connectivity index (χ2v) is 5.89. The number of hydrogen-bond acceptors (Lipinski definition) is 4. The Morgan fingerprint density at radius 2 is 2.15 bits per heavy atom. The maximum absolute atomic E-state index is 12.2. The van der Waals surface area contributed by atoms with Gasteiger partial charge in [-0.15, -0.1) is 11.3 Å². The molecular formula is C14H16F2N2OS. The van der Waals surface area contributed by atoms with Gasteiger partial charge in [0.05, 0.1) is 5.69 Å². The van der Waals surface area contributed by atoms with Crippen LogP contribution < -0.4 is 10.5 Å². The number of ether oxygens (including phenoxy) is 1. The molecule has 0 bridgehead atoms. The summed E-state index contributed by atoms with van der Waals surface area (Å²) >= 11 is 1.52. The fraction of sp³-hybridized carbons (Fsp3) is 0.357. The van der Waals surface area contributed by atoms with Gasteiger partial charge >= 0.3 is 6.61 Å². The van der Waals surface area contributed by atoms with E-state index in [0.29, 0.717) is 6.54 Å². The first kappa shape index (κ1) is 14.9. The Bertz CT molecular complexity index is 584. The lowest BCUT2D eigenvalue weighted by molar-refractivity contribution is -0.0498. The summed E-state index contributed by atoms with van der Waals surface area (Å²) in [6.07, 6.45) is 0. The van der Waals surface area contributed by atoms with Crippen molar-refractivity contribution >= 4 is 11.3 Å². The fourth-order valence-electron chi connectivity index (χ4n) is 1.64. The summed E-state index contributed by atoms with van der Waals surface area (Å²) < 4.78 is 28.8. The number of halogens is 2. The molecule has 108 valence electrons. The lowest BCUT2D eigenvalue weighted by atomic mass is 9.95. The number of benzene rings is 1. The summed E-state index contributed by atoms with van der Waals surface area (Å²) in [6.45, 7) is 1.71. The topological polar surface area (TPSA) is 48.1 Å². The molecule has 0 aliphatic heterocycles. The van der Waals surface area contributed by atoms with Crippen LogP contribution in [0.5, 0.6) is 5.75 Å². The fourth-order valence-corrected chi connectivity index (χ4v) is 2.60. The van der Waals surface area contributed by atoms with E-state index in [-0.39, 0.29) is 11.2 Å². The molecule has 0 unspecified atom stereocenters. The highest BCUT2D eigenvalue weighted by molar-refractivity contribution is 7.10. The van der Waals surface area contributed by atoms with Gasteiger partial charge in [-0.1, -0.05) is 26.0 Å². The van der Waals surface area contributed by atoms with E-state index in [1.165, 1.54) is 17.4 Å². The maximum atomic E-state index is 12.2. The zero-order chi connectivity index (χ0) is 14.8.